The van der Waals surface area contributed by atoms with Gasteiger partial charge in [-0.15, -0.1) is 0 Å². The van der Waals surface area contributed by atoms with E-state index >= 15 is 0 Å². The maximum absolute atomic E-state index is 13.5. The molecule has 6 N–H and O–H groups in total. The largest absolute Gasteiger partial charge is 0.508 e. The molecule has 0 radical (unpaired) electrons. The first kappa shape index (κ1) is 27.5. The molecule has 0 spiro atoms. The van der Waals surface area contributed by atoms with Gasteiger partial charge in [-0.25, -0.2) is 8.78 Å². The molecule has 0 unspecified atom stereocenters. The summed E-state index contributed by atoms with van der Waals surface area (Å²) in [5.74, 6) is -0.700. The van der Waals surface area contributed by atoms with Gasteiger partial charge in [-0.2, -0.15) is 0 Å². The summed E-state index contributed by atoms with van der Waals surface area (Å²) in [4.78, 5) is 0. The van der Waals surface area contributed by atoms with E-state index in [-0.39, 0.29) is 33.7 Å². The van der Waals surface area contributed by atoms with Crippen molar-refractivity contribution in [3.63, 3.8) is 0 Å². The number of anilines is 2. The third kappa shape index (κ3) is 5.45. The van der Waals surface area contributed by atoms with Crippen molar-refractivity contribution >= 4 is 11.4 Å². The lowest BCUT2D eigenvalue weighted by Crippen LogP contribution is -2.23. The average molecular weight is 451 g/mol. The first-order valence-corrected chi connectivity index (χ1v) is 11.6. The minimum Gasteiger partial charge on any atom is -0.508 e. The van der Waals surface area contributed by atoms with Crippen molar-refractivity contribution in [2.24, 2.45) is 0 Å². The van der Waals surface area contributed by atoms with E-state index in [4.69, 9.17) is 11.5 Å². The summed E-state index contributed by atoms with van der Waals surface area (Å²) >= 11 is 0. The third-order valence-corrected chi connectivity index (χ3v) is 7.43. The second-order valence-corrected chi connectivity index (χ2v) is 8.46. The van der Waals surface area contributed by atoms with E-state index in [0.717, 1.165) is 38.5 Å². The molecule has 0 aromatic heterocycles. The number of hydrogen-bond acceptors (Lipinski definition) is 4. The molecule has 0 aliphatic heterocycles. The Morgan fingerprint density at radius 1 is 0.594 bits per heavy atom. The molecule has 2 rings (SSSR count). The molecule has 2 aromatic rings. The molecule has 0 heterocycles. The number of nitrogens with two attached hydrogens (primary N) is 2. The van der Waals surface area contributed by atoms with Gasteiger partial charge in [-0.1, -0.05) is 41.5 Å². The average Bonchev–Trinajstić information content (AvgIpc) is 2.78. The zero-order chi connectivity index (χ0) is 24.7. The highest BCUT2D eigenvalue weighted by Crippen LogP contribution is 2.42. The smallest absolute Gasteiger partial charge is 0.146 e. The first-order chi connectivity index (χ1) is 15.0. The Kier molecular flexibility index (Phi) is 9.80. The summed E-state index contributed by atoms with van der Waals surface area (Å²) in [6, 6.07) is 5.36. The minimum atomic E-state index is -0.451. The van der Waals surface area contributed by atoms with Crippen LogP contribution in [0.4, 0.5) is 20.2 Å². The van der Waals surface area contributed by atoms with E-state index in [1.807, 2.05) is 0 Å². The molecule has 0 bridgehead atoms. The van der Waals surface area contributed by atoms with Gasteiger partial charge in [-0.3, -0.25) is 0 Å². The lowest BCUT2D eigenvalue weighted by atomic mass is 9.73. The molecule has 0 aliphatic rings. The van der Waals surface area contributed by atoms with Crippen LogP contribution in [0.15, 0.2) is 24.3 Å². The van der Waals surface area contributed by atoms with Crippen LogP contribution in [0.1, 0.15) is 91.2 Å². The summed E-state index contributed by atoms with van der Waals surface area (Å²) in [6.07, 6.45) is 5.23. The highest BCUT2D eigenvalue weighted by Gasteiger charge is 2.31. The maximum Gasteiger partial charge on any atom is 0.146 e. The number of phenolic OH excluding ortho intramolecular Hbond substituents is 2. The van der Waals surface area contributed by atoms with Crippen LogP contribution < -0.4 is 11.5 Å². The summed E-state index contributed by atoms with van der Waals surface area (Å²) in [7, 11) is 0. The minimum absolute atomic E-state index is 0.00143. The first-order valence-electron chi connectivity index (χ1n) is 11.6. The van der Waals surface area contributed by atoms with Gasteiger partial charge in [0, 0.05) is 23.3 Å². The Morgan fingerprint density at radius 3 is 1.06 bits per heavy atom. The molecule has 6 heteroatoms. The van der Waals surface area contributed by atoms with Crippen LogP contribution in [-0.4, -0.2) is 10.2 Å². The highest BCUT2D eigenvalue weighted by molar-refractivity contribution is 5.52. The van der Waals surface area contributed by atoms with Crippen molar-refractivity contribution in [2.75, 3.05) is 11.5 Å². The van der Waals surface area contributed by atoms with Crippen LogP contribution in [-0.2, 0) is 10.8 Å². The van der Waals surface area contributed by atoms with Crippen LogP contribution in [0.5, 0.6) is 11.5 Å². The predicted molar refractivity (Wildman–Crippen MR) is 130 cm³/mol. The van der Waals surface area contributed by atoms with E-state index in [1.165, 1.54) is 24.3 Å². The summed E-state index contributed by atoms with van der Waals surface area (Å²) in [5, 5.41) is 19.8. The van der Waals surface area contributed by atoms with Gasteiger partial charge >= 0.3 is 0 Å². The number of hydrogen-bond donors (Lipinski definition) is 4. The fraction of sp³-hybridized carbons (Fsp3) is 0.538. The van der Waals surface area contributed by atoms with Gasteiger partial charge in [0.1, 0.15) is 23.1 Å². The Labute approximate surface area is 191 Å². The fourth-order valence-corrected chi connectivity index (χ4v) is 4.65. The van der Waals surface area contributed by atoms with Crippen LogP contribution >= 0.6 is 0 Å². The van der Waals surface area contributed by atoms with E-state index in [0.29, 0.717) is 11.1 Å². The molecule has 180 valence electrons. The molecule has 4 nitrogen and oxygen atoms in total. The Bertz CT molecular complexity index is 802. The second kappa shape index (κ2) is 11.4. The molecule has 32 heavy (non-hydrogen) atoms. The molecular formula is C26H40F2N2O2. The van der Waals surface area contributed by atoms with Crippen LogP contribution in [0.3, 0.4) is 0 Å². The zero-order valence-electron chi connectivity index (χ0n) is 20.4. The number of rotatable bonds is 8. The normalized spacial score (nSPS) is 11.8. The van der Waals surface area contributed by atoms with Crippen molar-refractivity contribution in [3.05, 3.63) is 47.0 Å². The van der Waals surface area contributed by atoms with Crippen molar-refractivity contribution in [1.29, 1.82) is 0 Å². The van der Waals surface area contributed by atoms with Crippen LogP contribution in [0, 0.1) is 11.6 Å². The molecular weight excluding hydrogens is 410 g/mol. The molecule has 0 atom stereocenters. The quantitative estimate of drug-likeness (QED) is 0.321. The number of phenols is 2. The van der Waals surface area contributed by atoms with Gasteiger partial charge in [0.05, 0.1) is 11.4 Å². The molecule has 0 saturated carbocycles. The molecule has 2 aromatic carbocycles. The predicted octanol–water partition coefficient (Wildman–Crippen LogP) is 7.16. The lowest BCUT2D eigenvalue weighted by molar-refractivity contribution is 0.356. The monoisotopic (exact) mass is 450 g/mol. The maximum atomic E-state index is 13.5. The van der Waals surface area contributed by atoms with E-state index < -0.39 is 11.6 Å². The van der Waals surface area contributed by atoms with E-state index in [9.17, 15) is 19.0 Å². The second-order valence-electron chi connectivity index (χ2n) is 8.46. The van der Waals surface area contributed by atoms with Gasteiger partial charge in [0.2, 0.25) is 0 Å². The van der Waals surface area contributed by atoms with Crippen LogP contribution in [0.2, 0.25) is 0 Å². The summed E-state index contributed by atoms with van der Waals surface area (Å²) in [6.45, 7) is 12.3. The fourth-order valence-electron chi connectivity index (χ4n) is 4.65. The van der Waals surface area contributed by atoms with Crippen LogP contribution in [0.25, 0.3) is 0 Å². The lowest BCUT2D eigenvalue weighted by Gasteiger charge is -2.31. The Morgan fingerprint density at radius 2 is 0.844 bits per heavy atom. The molecule has 0 amide bonds. The van der Waals surface area contributed by atoms with Gasteiger partial charge in [0.25, 0.3) is 0 Å². The Balaban J connectivity index is 0.000000320. The van der Waals surface area contributed by atoms with Crippen molar-refractivity contribution in [1.82, 2.24) is 0 Å². The van der Waals surface area contributed by atoms with Gasteiger partial charge < -0.3 is 21.7 Å². The van der Waals surface area contributed by atoms with E-state index in [2.05, 4.69) is 41.5 Å². The summed E-state index contributed by atoms with van der Waals surface area (Å²) in [5.41, 5.74) is 11.9. The highest BCUT2D eigenvalue weighted by atomic mass is 19.1. The number of benzene rings is 2. The standard InChI is InChI=1S/2C13H20FNO/c2*1-4-13(5-2,6-3)9-7-10(14)11(15)8-12(9)16/h2*7-8,16H,4-6,15H2,1-3H3. The number of halogens is 2. The van der Waals surface area contributed by atoms with Gasteiger partial charge in [-0.05, 0) is 61.5 Å². The van der Waals surface area contributed by atoms with Crippen molar-refractivity contribution in [3.8, 4) is 11.5 Å². The Hall–Kier alpha value is -2.50. The van der Waals surface area contributed by atoms with Gasteiger partial charge in [0.15, 0.2) is 0 Å². The van der Waals surface area contributed by atoms with Crippen molar-refractivity contribution in [2.45, 2.75) is 90.9 Å². The summed E-state index contributed by atoms with van der Waals surface area (Å²) < 4.78 is 26.9. The molecule has 0 saturated heterocycles. The third-order valence-electron chi connectivity index (χ3n) is 7.43. The van der Waals surface area contributed by atoms with Crippen molar-refractivity contribution < 1.29 is 19.0 Å². The topological polar surface area (TPSA) is 92.5 Å². The zero-order valence-corrected chi connectivity index (χ0v) is 20.4. The SMILES string of the molecule is CCC(CC)(CC)c1cc(F)c(N)cc1O.CCC(CC)(CC)c1cc(F)c(N)cc1O. The molecule has 0 fully saturated rings. The van der Waals surface area contributed by atoms with E-state index in [1.54, 1.807) is 0 Å². The molecule has 0 aliphatic carbocycles. The number of nitrogen functional groups attached to an aromatic ring is 2. The number of aromatic hydroxyl groups is 2.